The Hall–Kier alpha value is -0.620. The van der Waals surface area contributed by atoms with Gasteiger partial charge in [0.1, 0.15) is 0 Å². The van der Waals surface area contributed by atoms with E-state index in [1.54, 1.807) is 25.3 Å². The summed E-state index contributed by atoms with van der Waals surface area (Å²) in [7, 11) is -1.61. The molecule has 0 saturated carbocycles. The summed E-state index contributed by atoms with van der Waals surface area (Å²) in [6, 6.07) is 4.93. The van der Waals surface area contributed by atoms with E-state index < -0.39 is 9.84 Å². The predicted molar refractivity (Wildman–Crippen MR) is 77.3 cm³/mol. The van der Waals surface area contributed by atoms with Gasteiger partial charge in [0.25, 0.3) is 0 Å². The number of halogens is 1. The molecule has 4 nitrogen and oxygen atoms in total. The number of methoxy groups -OCH3 is 1. The van der Waals surface area contributed by atoms with Crippen molar-refractivity contribution in [1.29, 1.82) is 0 Å². The largest absolute Gasteiger partial charge is 0.384 e. The van der Waals surface area contributed by atoms with Crippen molar-refractivity contribution in [2.24, 2.45) is 5.92 Å². The molecule has 0 amide bonds. The molecular weight excluding hydrogens is 286 g/mol. The highest BCUT2D eigenvalue weighted by molar-refractivity contribution is 7.90. The zero-order chi connectivity index (χ0) is 14.5. The maximum absolute atomic E-state index is 11.7. The number of hydrogen-bond acceptors (Lipinski definition) is 4. The van der Waals surface area contributed by atoms with Crippen molar-refractivity contribution >= 4 is 21.4 Å². The van der Waals surface area contributed by atoms with Crippen LogP contribution in [0.5, 0.6) is 0 Å². The first-order chi connectivity index (χ1) is 8.86. The number of sulfone groups is 1. The predicted octanol–water partition coefficient (Wildman–Crippen LogP) is 2.12. The van der Waals surface area contributed by atoms with E-state index in [-0.39, 0.29) is 4.90 Å². The minimum absolute atomic E-state index is 0.284. The van der Waals surface area contributed by atoms with Crippen molar-refractivity contribution < 1.29 is 13.2 Å². The monoisotopic (exact) mass is 305 g/mol. The van der Waals surface area contributed by atoms with Gasteiger partial charge in [-0.05, 0) is 18.1 Å². The summed E-state index contributed by atoms with van der Waals surface area (Å²) >= 11 is 6.08. The zero-order valence-electron chi connectivity index (χ0n) is 11.4. The molecule has 0 aliphatic heterocycles. The van der Waals surface area contributed by atoms with Gasteiger partial charge in [-0.15, -0.1) is 0 Å². The van der Waals surface area contributed by atoms with Gasteiger partial charge in [-0.25, -0.2) is 8.42 Å². The zero-order valence-corrected chi connectivity index (χ0v) is 13.0. The third kappa shape index (κ3) is 5.10. The van der Waals surface area contributed by atoms with Crippen molar-refractivity contribution in [3.63, 3.8) is 0 Å². The summed E-state index contributed by atoms with van der Waals surface area (Å²) in [6.07, 6.45) is 1.19. The lowest BCUT2D eigenvalue weighted by molar-refractivity contribution is 0.158. The number of benzene rings is 1. The SMILES string of the molecule is COCC(C)CNCc1c(Cl)cccc1S(C)(=O)=O. The molecule has 0 saturated heterocycles. The average Bonchev–Trinajstić information content (AvgIpc) is 2.30. The molecule has 1 rings (SSSR count). The Balaban J connectivity index is 2.78. The Labute approximate surface area is 120 Å². The molecule has 0 spiro atoms. The maximum Gasteiger partial charge on any atom is 0.175 e. The van der Waals surface area contributed by atoms with Crippen LogP contribution in [0.15, 0.2) is 23.1 Å². The molecule has 0 aromatic heterocycles. The van der Waals surface area contributed by atoms with Crippen LogP contribution in [0, 0.1) is 5.92 Å². The van der Waals surface area contributed by atoms with Gasteiger partial charge in [-0.1, -0.05) is 24.6 Å². The lowest BCUT2D eigenvalue weighted by Gasteiger charge is -2.14. The van der Waals surface area contributed by atoms with Gasteiger partial charge >= 0.3 is 0 Å². The lowest BCUT2D eigenvalue weighted by Crippen LogP contribution is -2.24. The number of ether oxygens (including phenoxy) is 1. The molecule has 0 fully saturated rings. The fraction of sp³-hybridized carbons (Fsp3) is 0.538. The first-order valence-electron chi connectivity index (χ1n) is 6.03. The third-order valence-electron chi connectivity index (χ3n) is 2.72. The summed E-state index contributed by atoms with van der Waals surface area (Å²) in [4.78, 5) is 0.284. The quantitative estimate of drug-likeness (QED) is 0.838. The van der Waals surface area contributed by atoms with Gasteiger partial charge in [0, 0.05) is 43.6 Å². The molecule has 0 aliphatic rings. The van der Waals surface area contributed by atoms with Gasteiger partial charge in [0.15, 0.2) is 9.84 Å². The van der Waals surface area contributed by atoms with Crippen LogP contribution in [0.2, 0.25) is 5.02 Å². The van der Waals surface area contributed by atoms with Gasteiger partial charge in [-0.2, -0.15) is 0 Å². The Morgan fingerprint density at radius 1 is 1.42 bits per heavy atom. The van der Waals surface area contributed by atoms with E-state index in [0.717, 1.165) is 6.54 Å². The van der Waals surface area contributed by atoms with E-state index in [1.807, 2.05) is 0 Å². The van der Waals surface area contributed by atoms with Crippen LogP contribution >= 0.6 is 11.6 Å². The van der Waals surface area contributed by atoms with Crippen LogP contribution in [-0.2, 0) is 21.1 Å². The second-order valence-electron chi connectivity index (χ2n) is 4.68. The lowest BCUT2D eigenvalue weighted by atomic mass is 10.2. The molecule has 1 unspecified atom stereocenters. The van der Waals surface area contributed by atoms with Gasteiger partial charge in [0.2, 0.25) is 0 Å². The van der Waals surface area contributed by atoms with Crippen LogP contribution in [0.3, 0.4) is 0 Å². The average molecular weight is 306 g/mol. The van der Waals surface area contributed by atoms with E-state index >= 15 is 0 Å². The van der Waals surface area contributed by atoms with Crippen LogP contribution in [0.25, 0.3) is 0 Å². The second-order valence-corrected chi connectivity index (χ2v) is 7.07. The molecule has 0 radical (unpaired) electrons. The molecule has 19 heavy (non-hydrogen) atoms. The molecule has 1 N–H and O–H groups in total. The van der Waals surface area contributed by atoms with Crippen LogP contribution in [-0.4, -0.2) is 34.9 Å². The number of hydrogen-bond donors (Lipinski definition) is 1. The Bertz CT molecular complexity index is 517. The Morgan fingerprint density at radius 2 is 2.11 bits per heavy atom. The molecule has 0 heterocycles. The summed E-state index contributed by atoms with van der Waals surface area (Å²) in [6.45, 7) is 3.88. The smallest absolute Gasteiger partial charge is 0.175 e. The van der Waals surface area contributed by atoms with E-state index in [1.165, 1.54) is 6.26 Å². The summed E-state index contributed by atoms with van der Waals surface area (Å²) < 4.78 is 28.4. The van der Waals surface area contributed by atoms with Crippen LogP contribution < -0.4 is 5.32 Å². The molecule has 1 atom stereocenters. The fourth-order valence-electron chi connectivity index (χ4n) is 1.84. The molecule has 108 valence electrons. The van der Waals surface area contributed by atoms with Gasteiger partial charge < -0.3 is 10.1 Å². The Morgan fingerprint density at radius 3 is 2.68 bits per heavy atom. The third-order valence-corrected chi connectivity index (χ3v) is 4.26. The molecule has 1 aromatic carbocycles. The highest BCUT2D eigenvalue weighted by Crippen LogP contribution is 2.23. The standard InChI is InChI=1S/C13H20ClNO3S/c1-10(9-18-2)7-15-8-11-12(14)5-4-6-13(11)19(3,16)17/h4-6,10,15H,7-9H2,1-3H3. The van der Waals surface area contributed by atoms with Crippen LogP contribution in [0.4, 0.5) is 0 Å². The normalized spacial score (nSPS) is 13.5. The van der Waals surface area contributed by atoms with E-state index in [9.17, 15) is 8.42 Å². The molecule has 0 aliphatic carbocycles. The van der Waals surface area contributed by atoms with Gasteiger partial charge in [0.05, 0.1) is 4.90 Å². The summed E-state index contributed by atoms with van der Waals surface area (Å²) in [5, 5.41) is 3.68. The van der Waals surface area contributed by atoms with Crippen molar-refractivity contribution in [1.82, 2.24) is 5.32 Å². The topological polar surface area (TPSA) is 55.4 Å². The van der Waals surface area contributed by atoms with Gasteiger partial charge in [-0.3, -0.25) is 0 Å². The van der Waals surface area contributed by atoms with Crippen molar-refractivity contribution in [3.05, 3.63) is 28.8 Å². The molecular formula is C13H20ClNO3S. The van der Waals surface area contributed by atoms with E-state index in [0.29, 0.717) is 29.7 Å². The van der Waals surface area contributed by atoms with Crippen molar-refractivity contribution in [2.75, 3.05) is 26.5 Å². The van der Waals surface area contributed by atoms with E-state index in [2.05, 4.69) is 12.2 Å². The molecule has 6 heteroatoms. The first-order valence-corrected chi connectivity index (χ1v) is 8.30. The number of nitrogens with one attached hydrogen (secondary N) is 1. The minimum Gasteiger partial charge on any atom is -0.384 e. The first kappa shape index (κ1) is 16.4. The summed E-state index contributed by atoms with van der Waals surface area (Å²) in [5.74, 6) is 0.356. The highest BCUT2D eigenvalue weighted by Gasteiger charge is 2.15. The molecule has 1 aromatic rings. The highest BCUT2D eigenvalue weighted by atomic mass is 35.5. The van der Waals surface area contributed by atoms with Crippen LogP contribution in [0.1, 0.15) is 12.5 Å². The summed E-state index contributed by atoms with van der Waals surface area (Å²) in [5.41, 5.74) is 0.622. The number of rotatable bonds is 7. The maximum atomic E-state index is 11.7. The second kappa shape index (κ2) is 7.24. The van der Waals surface area contributed by atoms with Crippen molar-refractivity contribution in [3.8, 4) is 0 Å². The minimum atomic E-state index is -3.27. The van der Waals surface area contributed by atoms with Crippen molar-refractivity contribution in [2.45, 2.75) is 18.4 Å². The fourth-order valence-corrected chi connectivity index (χ4v) is 3.10. The Kier molecular flexibility index (Phi) is 6.26. The van der Waals surface area contributed by atoms with E-state index in [4.69, 9.17) is 16.3 Å². The molecule has 0 bridgehead atoms.